The molecule has 0 aliphatic rings. The number of benzene rings is 2. The molecule has 0 fully saturated rings. The molecule has 0 saturated carbocycles. The third kappa shape index (κ3) is 4.22. The van der Waals surface area contributed by atoms with Crippen molar-refractivity contribution >= 4 is 40.0 Å². The number of carbonyl (C=O) groups is 1. The van der Waals surface area contributed by atoms with Crippen molar-refractivity contribution in [1.82, 2.24) is 10.3 Å². The normalized spacial score (nSPS) is 12.3. The number of carbonyl (C=O) groups excluding carboxylic acids is 1. The van der Waals surface area contributed by atoms with Gasteiger partial charge in [-0.1, -0.05) is 49.2 Å². The lowest BCUT2D eigenvalue weighted by Gasteiger charge is -2.13. The summed E-state index contributed by atoms with van der Waals surface area (Å²) in [7, 11) is 0. The van der Waals surface area contributed by atoms with Crippen LogP contribution in [-0.4, -0.2) is 10.9 Å². The Morgan fingerprint density at radius 3 is 2.65 bits per heavy atom. The lowest BCUT2D eigenvalue weighted by Crippen LogP contribution is -2.30. The molecule has 2 aromatic carbocycles. The highest BCUT2D eigenvalue weighted by Crippen LogP contribution is 2.28. The molecule has 1 aromatic heterocycles. The number of aromatic amines is 1. The number of hydrogen-bond donors (Lipinski definition) is 2. The first-order chi connectivity index (χ1) is 12.5. The summed E-state index contributed by atoms with van der Waals surface area (Å²) in [6, 6.07) is 13.4. The third-order valence-electron chi connectivity index (χ3n) is 4.62. The molecule has 0 spiro atoms. The maximum absolute atomic E-state index is 12.5. The third-order valence-corrected chi connectivity index (χ3v) is 5.09. The van der Waals surface area contributed by atoms with Gasteiger partial charge in [-0.15, -0.1) is 0 Å². The van der Waals surface area contributed by atoms with E-state index in [2.05, 4.69) is 17.2 Å². The van der Waals surface area contributed by atoms with Crippen LogP contribution in [0.5, 0.6) is 0 Å². The lowest BCUT2D eigenvalue weighted by molar-refractivity contribution is -0.124. The first kappa shape index (κ1) is 18.8. The molecule has 0 bridgehead atoms. The van der Waals surface area contributed by atoms with E-state index < -0.39 is 0 Å². The van der Waals surface area contributed by atoms with Crippen LogP contribution in [0, 0.1) is 5.92 Å². The fourth-order valence-corrected chi connectivity index (χ4v) is 3.60. The Kier molecular flexibility index (Phi) is 5.90. The van der Waals surface area contributed by atoms with Crippen LogP contribution < -0.4 is 5.32 Å². The molecule has 26 heavy (non-hydrogen) atoms. The van der Waals surface area contributed by atoms with Crippen LogP contribution in [0.3, 0.4) is 0 Å². The predicted molar refractivity (Wildman–Crippen MR) is 109 cm³/mol. The summed E-state index contributed by atoms with van der Waals surface area (Å²) < 4.78 is 0. The van der Waals surface area contributed by atoms with Crippen molar-refractivity contribution in [2.45, 2.75) is 33.2 Å². The van der Waals surface area contributed by atoms with Crippen LogP contribution in [-0.2, 0) is 24.2 Å². The fourth-order valence-electron chi connectivity index (χ4n) is 3.22. The number of aromatic nitrogens is 1. The van der Waals surface area contributed by atoms with Gasteiger partial charge in [0.15, 0.2) is 0 Å². The number of aryl methyl sites for hydroxylation is 1. The van der Waals surface area contributed by atoms with Crippen molar-refractivity contribution in [2.24, 2.45) is 5.92 Å². The minimum Gasteiger partial charge on any atom is -0.358 e. The summed E-state index contributed by atoms with van der Waals surface area (Å²) in [5.74, 6) is -0.110. The molecule has 5 heteroatoms. The molecule has 0 aliphatic heterocycles. The smallest absolute Gasteiger partial charge is 0.223 e. The molecular formula is C21H22Cl2N2O. The van der Waals surface area contributed by atoms with Crippen LogP contribution >= 0.6 is 23.2 Å². The second-order valence-electron chi connectivity index (χ2n) is 6.58. The summed E-state index contributed by atoms with van der Waals surface area (Å²) in [4.78, 5) is 16.0. The lowest BCUT2D eigenvalue weighted by atomic mass is 9.97. The Hall–Kier alpha value is -1.97. The van der Waals surface area contributed by atoms with Gasteiger partial charge in [-0.05, 0) is 54.3 Å². The largest absolute Gasteiger partial charge is 0.358 e. The number of halogens is 2. The van der Waals surface area contributed by atoms with Gasteiger partial charge in [0.05, 0.1) is 0 Å². The zero-order valence-electron chi connectivity index (χ0n) is 14.9. The predicted octanol–water partition coefficient (Wildman–Crippen LogP) is 5.53. The van der Waals surface area contributed by atoms with E-state index in [0.717, 1.165) is 28.6 Å². The van der Waals surface area contributed by atoms with E-state index in [0.29, 0.717) is 23.0 Å². The van der Waals surface area contributed by atoms with Crippen molar-refractivity contribution < 1.29 is 4.79 Å². The van der Waals surface area contributed by atoms with Gasteiger partial charge in [0.1, 0.15) is 0 Å². The van der Waals surface area contributed by atoms with Crippen LogP contribution in [0.25, 0.3) is 10.9 Å². The molecule has 1 heterocycles. The van der Waals surface area contributed by atoms with Crippen molar-refractivity contribution in [3.8, 4) is 0 Å². The topological polar surface area (TPSA) is 44.9 Å². The summed E-state index contributed by atoms with van der Waals surface area (Å²) in [6.07, 6.45) is 1.56. The van der Waals surface area contributed by atoms with Crippen LogP contribution in [0.2, 0.25) is 10.0 Å². The Morgan fingerprint density at radius 1 is 1.15 bits per heavy atom. The van der Waals surface area contributed by atoms with Gasteiger partial charge in [-0.25, -0.2) is 0 Å². The highest BCUT2D eigenvalue weighted by Gasteiger charge is 2.18. The zero-order valence-corrected chi connectivity index (χ0v) is 16.4. The minimum absolute atomic E-state index is 0.0309. The Morgan fingerprint density at radius 2 is 1.92 bits per heavy atom. The monoisotopic (exact) mass is 388 g/mol. The van der Waals surface area contributed by atoms with Gasteiger partial charge >= 0.3 is 0 Å². The quantitative estimate of drug-likeness (QED) is 0.572. The molecular weight excluding hydrogens is 367 g/mol. The second kappa shape index (κ2) is 8.15. The van der Waals surface area contributed by atoms with Gasteiger partial charge < -0.3 is 10.3 Å². The highest BCUT2D eigenvalue weighted by molar-refractivity contribution is 6.31. The van der Waals surface area contributed by atoms with Gasteiger partial charge in [-0.2, -0.15) is 0 Å². The Bertz CT molecular complexity index is 933. The van der Waals surface area contributed by atoms with Crippen molar-refractivity contribution in [2.75, 3.05) is 0 Å². The fraction of sp³-hybridized carbons (Fsp3) is 0.286. The number of amides is 1. The molecule has 1 amide bonds. The molecule has 3 rings (SSSR count). The molecule has 3 nitrogen and oxygen atoms in total. The standard InChI is InChI=1S/C21H22Cl2N2O/c1-3-19-17(18-11-16(23)7-8-20(18)25-19)9-13(2)21(26)24-12-14-5-4-6-15(22)10-14/h4-8,10-11,13,25H,3,9,12H2,1-2H3,(H,24,26). The van der Waals surface area contributed by atoms with Crippen LogP contribution in [0.15, 0.2) is 42.5 Å². The molecule has 2 N–H and O–H groups in total. The molecule has 136 valence electrons. The molecule has 0 radical (unpaired) electrons. The van der Waals surface area contributed by atoms with E-state index in [1.165, 1.54) is 5.56 Å². The average molecular weight is 389 g/mol. The first-order valence-electron chi connectivity index (χ1n) is 8.79. The van der Waals surface area contributed by atoms with E-state index in [1.54, 1.807) is 0 Å². The number of hydrogen-bond acceptors (Lipinski definition) is 1. The number of rotatable bonds is 6. The molecule has 3 aromatic rings. The van der Waals surface area contributed by atoms with Crippen molar-refractivity contribution in [3.05, 3.63) is 69.3 Å². The van der Waals surface area contributed by atoms with Gasteiger partial charge in [-0.3, -0.25) is 4.79 Å². The molecule has 0 aliphatic carbocycles. The number of H-pyrrole nitrogens is 1. The van der Waals surface area contributed by atoms with E-state index in [-0.39, 0.29) is 11.8 Å². The SMILES string of the molecule is CCc1[nH]c2ccc(Cl)cc2c1CC(C)C(=O)NCc1cccc(Cl)c1. The van der Waals surface area contributed by atoms with Gasteiger partial charge in [0, 0.05) is 39.1 Å². The summed E-state index contributed by atoms with van der Waals surface area (Å²) in [5.41, 5.74) is 4.39. The Labute approximate surface area is 163 Å². The van der Waals surface area contributed by atoms with E-state index in [4.69, 9.17) is 23.2 Å². The van der Waals surface area contributed by atoms with Crippen molar-refractivity contribution in [3.63, 3.8) is 0 Å². The maximum atomic E-state index is 12.5. The van der Waals surface area contributed by atoms with E-state index >= 15 is 0 Å². The zero-order chi connectivity index (χ0) is 18.7. The van der Waals surface area contributed by atoms with Crippen LogP contribution in [0.1, 0.15) is 30.7 Å². The summed E-state index contributed by atoms with van der Waals surface area (Å²) in [6.45, 7) is 4.54. The maximum Gasteiger partial charge on any atom is 0.223 e. The van der Waals surface area contributed by atoms with Crippen LogP contribution in [0.4, 0.5) is 0 Å². The minimum atomic E-state index is -0.141. The second-order valence-corrected chi connectivity index (χ2v) is 7.45. The summed E-state index contributed by atoms with van der Waals surface area (Å²) >= 11 is 12.2. The summed E-state index contributed by atoms with van der Waals surface area (Å²) in [5, 5.41) is 5.48. The van der Waals surface area contributed by atoms with Gasteiger partial charge in [0.2, 0.25) is 5.91 Å². The highest BCUT2D eigenvalue weighted by atomic mass is 35.5. The first-order valence-corrected chi connectivity index (χ1v) is 9.54. The van der Waals surface area contributed by atoms with Gasteiger partial charge in [0.25, 0.3) is 0 Å². The van der Waals surface area contributed by atoms with E-state index in [9.17, 15) is 4.79 Å². The molecule has 1 atom stereocenters. The molecule has 1 unspecified atom stereocenters. The Balaban J connectivity index is 1.72. The number of fused-ring (bicyclic) bond motifs is 1. The van der Waals surface area contributed by atoms with Crippen molar-refractivity contribution in [1.29, 1.82) is 0 Å². The van der Waals surface area contributed by atoms with E-state index in [1.807, 2.05) is 49.4 Å². The number of nitrogens with one attached hydrogen (secondary N) is 2. The average Bonchev–Trinajstić information content (AvgIpc) is 2.96. The molecule has 0 saturated heterocycles.